The summed E-state index contributed by atoms with van der Waals surface area (Å²) in [5.41, 5.74) is 13.7. The highest BCUT2D eigenvalue weighted by Crippen LogP contribution is 2.12. The van der Waals surface area contributed by atoms with E-state index in [9.17, 15) is 19.5 Å². The van der Waals surface area contributed by atoms with Gasteiger partial charge in [0, 0.05) is 12.2 Å². The van der Waals surface area contributed by atoms with Gasteiger partial charge in [-0.05, 0) is 62.3 Å². The Morgan fingerprint density at radius 1 is 0.895 bits per heavy atom. The second-order valence-corrected chi connectivity index (χ2v) is 9.25. The van der Waals surface area contributed by atoms with Crippen LogP contribution in [0.3, 0.4) is 0 Å². The van der Waals surface area contributed by atoms with Crippen molar-refractivity contribution in [3.63, 3.8) is 0 Å². The molecule has 8 N–H and O–H groups in total. The van der Waals surface area contributed by atoms with Gasteiger partial charge in [-0.2, -0.15) is 0 Å². The predicted molar refractivity (Wildman–Crippen MR) is 150 cm³/mol. The van der Waals surface area contributed by atoms with Crippen molar-refractivity contribution in [1.29, 1.82) is 0 Å². The first-order valence-corrected chi connectivity index (χ1v) is 13.0. The van der Waals surface area contributed by atoms with Gasteiger partial charge in [-0.1, -0.05) is 55.8 Å². The Balaban J connectivity index is 2.14. The molecular weight excluding hydrogens is 484 g/mol. The van der Waals surface area contributed by atoms with E-state index < -0.39 is 30.0 Å². The van der Waals surface area contributed by atoms with E-state index in [1.54, 1.807) is 24.3 Å². The fourth-order valence-corrected chi connectivity index (χ4v) is 3.93. The molecule has 0 aliphatic heterocycles. The van der Waals surface area contributed by atoms with Crippen LogP contribution in [0.2, 0.25) is 0 Å². The number of amides is 2. The first-order valence-electron chi connectivity index (χ1n) is 13.0. The number of aliphatic imine (C=N–C) groups is 1. The summed E-state index contributed by atoms with van der Waals surface area (Å²) in [6, 6.07) is 14.5. The lowest BCUT2D eigenvalue weighted by atomic mass is 10.0. The van der Waals surface area contributed by atoms with Crippen molar-refractivity contribution in [2.45, 2.75) is 70.5 Å². The Hall–Kier alpha value is -3.92. The van der Waals surface area contributed by atoms with Crippen molar-refractivity contribution in [3.05, 3.63) is 65.7 Å². The Morgan fingerprint density at radius 2 is 1.53 bits per heavy atom. The van der Waals surface area contributed by atoms with Crippen LogP contribution in [0.15, 0.2) is 59.6 Å². The molecule has 38 heavy (non-hydrogen) atoms. The summed E-state index contributed by atoms with van der Waals surface area (Å²) in [7, 11) is 0. The highest BCUT2D eigenvalue weighted by atomic mass is 16.4. The molecular formula is C28H40N6O4. The number of nitrogens with zero attached hydrogens (tertiary/aromatic N) is 1. The molecule has 0 radical (unpaired) electrons. The highest BCUT2D eigenvalue weighted by molar-refractivity contribution is 5.97. The molecule has 0 unspecified atom stereocenters. The number of guanidine groups is 1. The Morgan fingerprint density at radius 3 is 2.11 bits per heavy atom. The maximum Gasteiger partial charge on any atom is 0.320 e. The number of anilines is 1. The molecule has 0 fully saturated rings. The van der Waals surface area contributed by atoms with E-state index in [0.29, 0.717) is 37.9 Å². The van der Waals surface area contributed by atoms with Gasteiger partial charge in [0.1, 0.15) is 12.1 Å². The van der Waals surface area contributed by atoms with Crippen LogP contribution in [0, 0.1) is 0 Å². The summed E-state index contributed by atoms with van der Waals surface area (Å²) < 4.78 is 0. The van der Waals surface area contributed by atoms with Gasteiger partial charge in [0.05, 0.1) is 6.04 Å². The van der Waals surface area contributed by atoms with Crippen LogP contribution in [0.25, 0.3) is 0 Å². The first kappa shape index (κ1) is 30.3. The molecule has 0 saturated carbocycles. The average Bonchev–Trinajstić information content (AvgIpc) is 2.89. The summed E-state index contributed by atoms with van der Waals surface area (Å²) in [6.07, 6.45) is 3.73. The van der Waals surface area contributed by atoms with Crippen molar-refractivity contribution < 1.29 is 19.5 Å². The van der Waals surface area contributed by atoms with Crippen LogP contribution in [0.1, 0.15) is 50.7 Å². The van der Waals surface area contributed by atoms with Gasteiger partial charge in [-0.25, -0.2) is 0 Å². The van der Waals surface area contributed by atoms with Gasteiger partial charge in [0.25, 0.3) is 0 Å². The minimum absolute atomic E-state index is 0.0472. The van der Waals surface area contributed by atoms with Gasteiger partial charge in [0.2, 0.25) is 11.8 Å². The quantitative estimate of drug-likeness (QED) is 0.111. The average molecular weight is 525 g/mol. The summed E-state index contributed by atoms with van der Waals surface area (Å²) in [6.45, 7) is 3.91. The van der Waals surface area contributed by atoms with E-state index in [0.717, 1.165) is 18.4 Å². The van der Waals surface area contributed by atoms with E-state index in [-0.39, 0.29) is 11.9 Å². The van der Waals surface area contributed by atoms with Gasteiger partial charge in [0.15, 0.2) is 5.96 Å². The number of benzene rings is 2. The third-order valence-electron chi connectivity index (χ3n) is 6.04. The smallest absolute Gasteiger partial charge is 0.320 e. The first-order chi connectivity index (χ1) is 18.2. The van der Waals surface area contributed by atoms with Crippen LogP contribution < -0.4 is 27.4 Å². The van der Waals surface area contributed by atoms with Gasteiger partial charge >= 0.3 is 5.97 Å². The zero-order chi connectivity index (χ0) is 27.9. The SMILES string of the molecule is CCCc1ccc(CC[C@H](N[C@H](C)C(=O)O)C(=O)N[C@@H](CCCN=C(N)N)C(=O)Nc2ccccc2)cc1. The molecule has 2 aromatic carbocycles. The number of nitrogens with one attached hydrogen (secondary N) is 3. The molecule has 3 atom stereocenters. The lowest BCUT2D eigenvalue weighted by Gasteiger charge is -2.24. The van der Waals surface area contributed by atoms with Gasteiger partial charge in [-0.3, -0.25) is 24.7 Å². The molecule has 206 valence electrons. The van der Waals surface area contributed by atoms with Crippen molar-refractivity contribution in [2.24, 2.45) is 16.5 Å². The minimum atomic E-state index is -1.07. The van der Waals surface area contributed by atoms with Crippen molar-refractivity contribution in [1.82, 2.24) is 10.6 Å². The number of aliphatic carboxylic acids is 1. The zero-order valence-corrected chi connectivity index (χ0v) is 22.2. The molecule has 0 bridgehead atoms. The van der Waals surface area contributed by atoms with Crippen LogP contribution in [-0.2, 0) is 27.2 Å². The van der Waals surface area contributed by atoms with E-state index >= 15 is 0 Å². The molecule has 0 aliphatic rings. The number of nitrogens with two attached hydrogens (primary N) is 2. The standard InChI is InChI=1S/C28H40N6O4/c1-3-8-20-12-14-21(15-13-20)16-17-24(32-19(2)27(37)38)26(36)34-23(11-7-18-31-28(29)30)25(35)33-22-9-5-4-6-10-22/h4-6,9-10,12-15,19,23-24,32H,3,7-8,11,16-18H2,1-2H3,(H,33,35)(H,34,36)(H,37,38)(H4,29,30,31)/t19-,23+,24+/m1/s1. The van der Waals surface area contributed by atoms with E-state index in [2.05, 4.69) is 40.0 Å². The third kappa shape index (κ3) is 11.0. The van der Waals surface area contributed by atoms with E-state index in [1.807, 2.05) is 18.2 Å². The highest BCUT2D eigenvalue weighted by Gasteiger charge is 2.27. The topological polar surface area (TPSA) is 172 Å². The van der Waals surface area contributed by atoms with E-state index in [1.165, 1.54) is 12.5 Å². The summed E-state index contributed by atoms with van der Waals surface area (Å²) in [5, 5.41) is 17.9. The maximum atomic E-state index is 13.4. The number of para-hydroxylation sites is 1. The number of rotatable bonds is 16. The molecule has 0 heterocycles. The number of aryl methyl sites for hydroxylation is 2. The number of carboxylic acids is 1. The number of carbonyl (C=O) groups excluding carboxylic acids is 2. The molecule has 2 aromatic rings. The normalized spacial score (nSPS) is 13.1. The lowest BCUT2D eigenvalue weighted by Crippen LogP contribution is -2.54. The zero-order valence-electron chi connectivity index (χ0n) is 22.2. The third-order valence-corrected chi connectivity index (χ3v) is 6.04. The van der Waals surface area contributed by atoms with Crippen LogP contribution >= 0.6 is 0 Å². The fraction of sp³-hybridized carbons (Fsp3) is 0.429. The minimum Gasteiger partial charge on any atom is -0.480 e. The fourth-order valence-electron chi connectivity index (χ4n) is 3.93. The van der Waals surface area contributed by atoms with Crippen LogP contribution in [0.4, 0.5) is 5.69 Å². The summed E-state index contributed by atoms with van der Waals surface area (Å²) in [5.74, 6) is -1.95. The van der Waals surface area contributed by atoms with Crippen LogP contribution in [0.5, 0.6) is 0 Å². The molecule has 0 saturated heterocycles. The summed E-state index contributed by atoms with van der Waals surface area (Å²) >= 11 is 0. The maximum absolute atomic E-state index is 13.4. The number of hydrogen-bond acceptors (Lipinski definition) is 5. The lowest BCUT2D eigenvalue weighted by molar-refractivity contribution is -0.139. The van der Waals surface area contributed by atoms with Gasteiger partial charge < -0.3 is 27.2 Å². The second-order valence-electron chi connectivity index (χ2n) is 9.25. The molecule has 0 aromatic heterocycles. The summed E-state index contributed by atoms with van der Waals surface area (Å²) in [4.78, 5) is 41.9. The predicted octanol–water partition coefficient (Wildman–Crippen LogP) is 2.18. The second kappa shape index (κ2) is 16.0. The van der Waals surface area contributed by atoms with Crippen molar-refractivity contribution in [3.8, 4) is 0 Å². The van der Waals surface area contributed by atoms with Gasteiger partial charge in [-0.15, -0.1) is 0 Å². The molecule has 10 heteroatoms. The Labute approximate surface area is 224 Å². The molecule has 2 amide bonds. The molecule has 0 aliphatic carbocycles. The largest absolute Gasteiger partial charge is 0.480 e. The number of carboxylic acid groups (broad SMARTS) is 1. The number of hydrogen-bond donors (Lipinski definition) is 6. The molecule has 2 rings (SSSR count). The number of carbonyl (C=O) groups is 3. The van der Waals surface area contributed by atoms with Crippen LogP contribution in [-0.4, -0.2) is 53.5 Å². The van der Waals surface area contributed by atoms with Crippen molar-refractivity contribution >= 4 is 29.4 Å². The Kier molecular flexibility index (Phi) is 12.8. The van der Waals surface area contributed by atoms with E-state index in [4.69, 9.17) is 11.5 Å². The van der Waals surface area contributed by atoms with Crippen molar-refractivity contribution in [2.75, 3.05) is 11.9 Å². The monoisotopic (exact) mass is 524 g/mol. The molecule has 10 nitrogen and oxygen atoms in total. The Bertz CT molecular complexity index is 1050. The molecule has 0 spiro atoms.